The lowest BCUT2D eigenvalue weighted by molar-refractivity contribution is 0.452. The Labute approximate surface area is 111 Å². The van der Waals surface area contributed by atoms with Gasteiger partial charge in [0.05, 0.1) is 0 Å². The van der Waals surface area contributed by atoms with Crippen LogP contribution < -0.4 is 10.2 Å². The highest BCUT2D eigenvalue weighted by molar-refractivity contribution is 5.56. The molecule has 1 N–H and O–H groups in total. The molecule has 0 amide bonds. The van der Waals surface area contributed by atoms with Crippen LogP contribution in [0.15, 0.2) is 24.3 Å². The van der Waals surface area contributed by atoms with Gasteiger partial charge in [-0.1, -0.05) is 25.1 Å². The second kappa shape index (κ2) is 5.31. The van der Waals surface area contributed by atoms with Crippen molar-refractivity contribution in [1.29, 1.82) is 0 Å². The fourth-order valence-corrected chi connectivity index (χ4v) is 2.84. The Morgan fingerprint density at radius 1 is 1.33 bits per heavy atom. The number of benzene rings is 1. The minimum Gasteiger partial charge on any atom is -0.365 e. The van der Waals surface area contributed by atoms with Crippen molar-refractivity contribution >= 4 is 5.69 Å². The minimum atomic E-state index is 0.225. The molecule has 0 radical (unpaired) electrons. The first-order chi connectivity index (χ1) is 8.54. The van der Waals surface area contributed by atoms with Gasteiger partial charge in [-0.25, -0.2) is 0 Å². The van der Waals surface area contributed by atoms with E-state index in [2.05, 4.69) is 62.2 Å². The highest BCUT2D eigenvalue weighted by atomic mass is 15.2. The maximum atomic E-state index is 3.60. The first kappa shape index (κ1) is 13.4. The van der Waals surface area contributed by atoms with Gasteiger partial charge in [-0.3, -0.25) is 0 Å². The number of hydrogen-bond donors (Lipinski definition) is 1. The summed E-state index contributed by atoms with van der Waals surface area (Å²) in [5, 5.41) is 3.60. The summed E-state index contributed by atoms with van der Waals surface area (Å²) < 4.78 is 0. The van der Waals surface area contributed by atoms with Gasteiger partial charge in [-0.2, -0.15) is 0 Å². The summed E-state index contributed by atoms with van der Waals surface area (Å²) in [4.78, 5) is 2.59. The van der Waals surface area contributed by atoms with Gasteiger partial charge in [0.2, 0.25) is 0 Å². The Bertz CT molecular complexity index is 398. The van der Waals surface area contributed by atoms with Gasteiger partial charge >= 0.3 is 0 Å². The SMILES string of the molecule is CCc1ccccc1N1CC(C)NCCC1(C)C. The van der Waals surface area contributed by atoms with E-state index in [-0.39, 0.29) is 5.54 Å². The Kier molecular flexibility index (Phi) is 3.96. The van der Waals surface area contributed by atoms with E-state index in [0.29, 0.717) is 6.04 Å². The molecular formula is C16H26N2. The fourth-order valence-electron chi connectivity index (χ4n) is 2.84. The molecule has 2 rings (SSSR count). The molecule has 1 heterocycles. The molecule has 1 unspecified atom stereocenters. The van der Waals surface area contributed by atoms with E-state index in [0.717, 1.165) is 19.5 Å². The molecule has 0 saturated carbocycles. The molecule has 1 aliphatic heterocycles. The molecule has 0 aromatic heterocycles. The van der Waals surface area contributed by atoms with E-state index >= 15 is 0 Å². The van der Waals surface area contributed by atoms with Gasteiger partial charge in [0.15, 0.2) is 0 Å². The summed E-state index contributed by atoms with van der Waals surface area (Å²) in [6, 6.07) is 9.40. The summed E-state index contributed by atoms with van der Waals surface area (Å²) >= 11 is 0. The molecule has 2 nitrogen and oxygen atoms in total. The topological polar surface area (TPSA) is 15.3 Å². The highest BCUT2D eigenvalue weighted by Crippen LogP contribution is 2.31. The standard InChI is InChI=1S/C16H26N2/c1-5-14-8-6-7-9-15(14)18-12-13(2)17-11-10-16(18,3)4/h6-9,13,17H,5,10-12H2,1-4H3. The second-order valence-electron chi connectivity index (χ2n) is 6.01. The van der Waals surface area contributed by atoms with Crippen LogP contribution in [0.25, 0.3) is 0 Å². The van der Waals surface area contributed by atoms with E-state index < -0.39 is 0 Å². The van der Waals surface area contributed by atoms with Crippen molar-refractivity contribution < 1.29 is 0 Å². The number of para-hydroxylation sites is 1. The van der Waals surface area contributed by atoms with Crippen molar-refractivity contribution in [1.82, 2.24) is 5.32 Å². The quantitative estimate of drug-likeness (QED) is 0.862. The van der Waals surface area contributed by atoms with E-state index in [1.165, 1.54) is 17.7 Å². The summed E-state index contributed by atoms with van der Waals surface area (Å²) in [5.74, 6) is 0. The average Bonchev–Trinajstić information content (AvgIpc) is 2.48. The summed E-state index contributed by atoms with van der Waals surface area (Å²) in [6.45, 7) is 11.4. The zero-order valence-electron chi connectivity index (χ0n) is 12.2. The monoisotopic (exact) mass is 246 g/mol. The maximum Gasteiger partial charge on any atom is 0.0403 e. The molecule has 1 fully saturated rings. The molecule has 100 valence electrons. The lowest BCUT2D eigenvalue weighted by Gasteiger charge is -2.40. The van der Waals surface area contributed by atoms with Crippen molar-refractivity contribution in [2.24, 2.45) is 0 Å². The third-order valence-electron chi connectivity index (χ3n) is 4.08. The number of anilines is 1. The molecule has 1 atom stereocenters. The van der Waals surface area contributed by atoms with Gasteiger partial charge in [-0.05, 0) is 51.8 Å². The van der Waals surface area contributed by atoms with Gasteiger partial charge < -0.3 is 10.2 Å². The zero-order chi connectivity index (χ0) is 13.2. The molecule has 0 spiro atoms. The highest BCUT2D eigenvalue weighted by Gasteiger charge is 2.31. The Hall–Kier alpha value is -1.02. The summed E-state index contributed by atoms with van der Waals surface area (Å²) in [5.41, 5.74) is 3.10. The number of rotatable bonds is 2. The molecule has 1 aliphatic rings. The lowest BCUT2D eigenvalue weighted by Crippen LogP contribution is -2.46. The molecule has 1 aromatic rings. The van der Waals surface area contributed by atoms with E-state index in [4.69, 9.17) is 0 Å². The van der Waals surface area contributed by atoms with E-state index in [1.807, 2.05) is 0 Å². The van der Waals surface area contributed by atoms with Gasteiger partial charge in [0.25, 0.3) is 0 Å². The molecule has 2 heteroatoms. The molecule has 0 bridgehead atoms. The normalized spacial score (nSPS) is 23.8. The Morgan fingerprint density at radius 3 is 2.78 bits per heavy atom. The number of nitrogens with one attached hydrogen (secondary N) is 1. The third kappa shape index (κ3) is 2.69. The van der Waals surface area contributed by atoms with Crippen LogP contribution in [0.1, 0.15) is 39.7 Å². The molecule has 0 aliphatic carbocycles. The summed E-state index contributed by atoms with van der Waals surface area (Å²) in [6.07, 6.45) is 2.29. The fraction of sp³-hybridized carbons (Fsp3) is 0.625. The van der Waals surface area contributed by atoms with Crippen LogP contribution in [0.4, 0.5) is 5.69 Å². The Balaban J connectivity index is 2.38. The van der Waals surface area contributed by atoms with Gasteiger partial charge in [-0.15, -0.1) is 0 Å². The van der Waals surface area contributed by atoms with Crippen LogP contribution in [0.2, 0.25) is 0 Å². The molecule has 18 heavy (non-hydrogen) atoms. The Morgan fingerprint density at radius 2 is 2.06 bits per heavy atom. The van der Waals surface area contributed by atoms with Crippen LogP contribution in [-0.2, 0) is 6.42 Å². The van der Waals surface area contributed by atoms with E-state index in [9.17, 15) is 0 Å². The van der Waals surface area contributed by atoms with Crippen molar-refractivity contribution in [3.63, 3.8) is 0 Å². The molecule has 1 aromatic carbocycles. The largest absolute Gasteiger partial charge is 0.365 e. The smallest absolute Gasteiger partial charge is 0.0403 e. The van der Waals surface area contributed by atoms with E-state index in [1.54, 1.807) is 0 Å². The summed E-state index contributed by atoms with van der Waals surface area (Å²) in [7, 11) is 0. The van der Waals surface area contributed by atoms with Crippen LogP contribution >= 0.6 is 0 Å². The number of hydrogen-bond acceptors (Lipinski definition) is 2. The zero-order valence-corrected chi connectivity index (χ0v) is 12.2. The van der Waals surface area contributed by atoms with Crippen molar-refractivity contribution in [2.75, 3.05) is 18.0 Å². The van der Waals surface area contributed by atoms with Crippen LogP contribution in [0.5, 0.6) is 0 Å². The molecule has 1 saturated heterocycles. The van der Waals surface area contributed by atoms with Crippen LogP contribution in [-0.4, -0.2) is 24.7 Å². The third-order valence-corrected chi connectivity index (χ3v) is 4.08. The predicted octanol–water partition coefficient (Wildman–Crippen LogP) is 3.22. The van der Waals surface area contributed by atoms with Gasteiger partial charge in [0, 0.05) is 23.8 Å². The number of aryl methyl sites for hydroxylation is 1. The van der Waals surface area contributed by atoms with Crippen molar-refractivity contribution in [2.45, 2.75) is 52.1 Å². The van der Waals surface area contributed by atoms with Gasteiger partial charge in [0.1, 0.15) is 0 Å². The minimum absolute atomic E-state index is 0.225. The molecular weight excluding hydrogens is 220 g/mol. The van der Waals surface area contributed by atoms with Crippen molar-refractivity contribution in [3.05, 3.63) is 29.8 Å². The van der Waals surface area contributed by atoms with Crippen LogP contribution in [0.3, 0.4) is 0 Å². The predicted molar refractivity (Wildman–Crippen MR) is 79.3 cm³/mol. The van der Waals surface area contributed by atoms with Crippen LogP contribution in [0, 0.1) is 0 Å². The number of nitrogens with zero attached hydrogens (tertiary/aromatic N) is 1. The first-order valence-corrected chi connectivity index (χ1v) is 7.13. The lowest BCUT2D eigenvalue weighted by atomic mass is 9.96. The maximum absolute atomic E-state index is 3.60. The second-order valence-corrected chi connectivity index (χ2v) is 6.01. The van der Waals surface area contributed by atoms with Crippen molar-refractivity contribution in [3.8, 4) is 0 Å². The first-order valence-electron chi connectivity index (χ1n) is 7.13. The average molecular weight is 246 g/mol.